The molecular formula is C13H23NO4S. The van der Waals surface area contributed by atoms with Gasteiger partial charge in [0, 0.05) is 18.8 Å². The summed E-state index contributed by atoms with van der Waals surface area (Å²) < 4.78 is 5.24. The number of aliphatic carboxylic acids is 1. The number of amides is 1. The van der Waals surface area contributed by atoms with Crippen LogP contribution in [-0.4, -0.2) is 47.2 Å². The van der Waals surface area contributed by atoms with Gasteiger partial charge in [-0.2, -0.15) is 11.8 Å². The monoisotopic (exact) mass is 289 g/mol. The number of hydrogen-bond donors (Lipinski definition) is 2. The summed E-state index contributed by atoms with van der Waals surface area (Å²) in [5, 5.41) is 11.8. The summed E-state index contributed by atoms with van der Waals surface area (Å²) in [4.78, 5) is 22.7. The van der Waals surface area contributed by atoms with Gasteiger partial charge < -0.3 is 15.2 Å². The molecule has 0 spiro atoms. The number of thioether (sulfide) groups is 1. The minimum atomic E-state index is -0.900. The summed E-state index contributed by atoms with van der Waals surface area (Å²) in [5.74, 6) is 0.891. The van der Waals surface area contributed by atoms with Crippen molar-refractivity contribution in [2.45, 2.75) is 44.6 Å². The molecule has 0 saturated carbocycles. The van der Waals surface area contributed by atoms with Gasteiger partial charge in [-0.25, -0.2) is 0 Å². The highest BCUT2D eigenvalue weighted by molar-refractivity contribution is 7.99. The van der Waals surface area contributed by atoms with Gasteiger partial charge in [0.05, 0.1) is 18.6 Å². The number of rotatable bonds is 9. The Morgan fingerprint density at radius 2 is 2.21 bits per heavy atom. The maximum atomic E-state index is 11.8. The number of carbonyl (C=O) groups excluding carboxylic acids is 1. The molecule has 0 aromatic heterocycles. The van der Waals surface area contributed by atoms with Crippen LogP contribution < -0.4 is 5.32 Å². The van der Waals surface area contributed by atoms with Gasteiger partial charge in [-0.3, -0.25) is 9.59 Å². The van der Waals surface area contributed by atoms with Gasteiger partial charge >= 0.3 is 5.97 Å². The Morgan fingerprint density at radius 1 is 1.42 bits per heavy atom. The molecule has 1 saturated heterocycles. The van der Waals surface area contributed by atoms with Gasteiger partial charge in [-0.15, -0.1) is 0 Å². The van der Waals surface area contributed by atoms with E-state index in [1.165, 1.54) is 6.42 Å². The standard InChI is InChI=1S/C13H23NO4S/c1-2-3-7-19-8-4-11(15)14-13(9-12(16)17)5-6-18-10-13/h2-10H2,1H3,(H,14,15)(H,16,17). The number of carbonyl (C=O) groups is 2. The molecule has 1 heterocycles. The van der Waals surface area contributed by atoms with E-state index in [1.807, 2.05) is 0 Å². The van der Waals surface area contributed by atoms with Crippen LogP contribution in [0.25, 0.3) is 0 Å². The summed E-state index contributed by atoms with van der Waals surface area (Å²) in [6.07, 6.45) is 3.28. The number of carboxylic acid groups (broad SMARTS) is 1. The molecule has 6 heteroatoms. The van der Waals surface area contributed by atoms with Crippen molar-refractivity contribution in [1.82, 2.24) is 5.32 Å². The second-order valence-electron chi connectivity index (χ2n) is 4.92. The first-order valence-electron chi connectivity index (χ1n) is 6.76. The van der Waals surface area contributed by atoms with Gasteiger partial charge in [-0.1, -0.05) is 13.3 Å². The molecule has 1 amide bonds. The fourth-order valence-electron chi connectivity index (χ4n) is 2.05. The number of carboxylic acids is 1. The Labute approximate surface area is 118 Å². The topological polar surface area (TPSA) is 75.6 Å². The molecule has 1 unspecified atom stereocenters. The average molecular weight is 289 g/mol. The van der Waals surface area contributed by atoms with E-state index in [4.69, 9.17) is 9.84 Å². The second-order valence-corrected chi connectivity index (χ2v) is 6.14. The number of ether oxygens (including phenoxy) is 1. The molecular weight excluding hydrogens is 266 g/mol. The maximum absolute atomic E-state index is 11.8. The lowest BCUT2D eigenvalue weighted by atomic mass is 9.94. The minimum absolute atomic E-state index is 0.0677. The van der Waals surface area contributed by atoms with E-state index in [9.17, 15) is 9.59 Å². The van der Waals surface area contributed by atoms with E-state index in [2.05, 4.69) is 12.2 Å². The van der Waals surface area contributed by atoms with Gasteiger partial charge in [0.15, 0.2) is 0 Å². The van der Waals surface area contributed by atoms with Crippen LogP contribution in [-0.2, 0) is 14.3 Å². The van der Waals surface area contributed by atoms with E-state index in [0.29, 0.717) is 26.1 Å². The van der Waals surface area contributed by atoms with Crippen molar-refractivity contribution in [3.63, 3.8) is 0 Å². The van der Waals surface area contributed by atoms with Gasteiger partial charge in [0.1, 0.15) is 0 Å². The molecule has 0 bridgehead atoms. The maximum Gasteiger partial charge on any atom is 0.305 e. The SMILES string of the molecule is CCCCSCCC(=O)NC1(CC(=O)O)CCOC1. The molecule has 5 nitrogen and oxygen atoms in total. The molecule has 0 aliphatic carbocycles. The van der Waals surface area contributed by atoms with Crippen molar-refractivity contribution < 1.29 is 19.4 Å². The van der Waals surface area contributed by atoms with Crippen LogP contribution in [0.1, 0.15) is 39.0 Å². The first-order chi connectivity index (χ1) is 9.08. The third kappa shape index (κ3) is 6.29. The van der Waals surface area contributed by atoms with E-state index in [0.717, 1.165) is 17.9 Å². The van der Waals surface area contributed by atoms with Gasteiger partial charge in [0.2, 0.25) is 5.91 Å². The lowest BCUT2D eigenvalue weighted by Crippen LogP contribution is -2.50. The zero-order chi connectivity index (χ0) is 14.1. The number of hydrogen-bond acceptors (Lipinski definition) is 4. The van der Waals surface area contributed by atoms with Crippen LogP contribution in [0, 0.1) is 0 Å². The van der Waals surface area contributed by atoms with Crippen LogP contribution in [0.5, 0.6) is 0 Å². The quantitative estimate of drug-likeness (QED) is 0.631. The van der Waals surface area contributed by atoms with Crippen molar-refractivity contribution >= 4 is 23.6 Å². The molecule has 19 heavy (non-hydrogen) atoms. The zero-order valence-corrected chi connectivity index (χ0v) is 12.3. The normalized spacial score (nSPS) is 22.4. The highest BCUT2D eigenvalue weighted by Crippen LogP contribution is 2.23. The summed E-state index contributed by atoms with van der Waals surface area (Å²) in [7, 11) is 0. The predicted molar refractivity (Wildman–Crippen MR) is 75.4 cm³/mol. The molecule has 0 aromatic carbocycles. The zero-order valence-electron chi connectivity index (χ0n) is 11.4. The third-order valence-electron chi connectivity index (χ3n) is 3.11. The lowest BCUT2D eigenvalue weighted by molar-refractivity contribution is -0.139. The second kappa shape index (κ2) is 8.43. The van der Waals surface area contributed by atoms with E-state index >= 15 is 0 Å². The molecule has 1 rings (SSSR count). The Kier molecular flexibility index (Phi) is 7.23. The molecule has 1 atom stereocenters. The van der Waals surface area contributed by atoms with Crippen molar-refractivity contribution in [1.29, 1.82) is 0 Å². The van der Waals surface area contributed by atoms with Crippen LogP contribution in [0.3, 0.4) is 0 Å². The van der Waals surface area contributed by atoms with E-state index < -0.39 is 11.5 Å². The Morgan fingerprint density at radius 3 is 2.79 bits per heavy atom. The van der Waals surface area contributed by atoms with E-state index in [1.54, 1.807) is 11.8 Å². The Balaban J connectivity index is 2.29. The number of unbranched alkanes of at least 4 members (excludes halogenated alkanes) is 1. The van der Waals surface area contributed by atoms with Gasteiger partial charge in [-0.05, 0) is 18.6 Å². The van der Waals surface area contributed by atoms with Crippen molar-refractivity contribution in [3.05, 3.63) is 0 Å². The smallest absolute Gasteiger partial charge is 0.305 e. The minimum Gasteiger partial charge on any atom is -0.481 e. The van der Waals surface area contributed by atoms with Crippen molar-refractivity contribution in [3.8, 4) is 0 Å². The summed E-state index contributed by atoms with van der Waals surface area (Å²) in [6, 6.07) is 0. The first-order valence-corrected chi connectivity index (χ1v) is 7.92. The molecule has 1 fully saturated rings. The van der Waals surface area contributed by atoms with Crippen LogP contribution >= 0.6 is 11.8 Å². The molecule has 0 aromatic rings. The lowest BCUT2D eigenvalue weighted by Gasteiger charge is -2.27. The average Bonchev–Trinajstić information content (AvgIpc) is 2.76. The highest BCUT2D eigenvalue weighted by Gasteiger charge is 2.38. The largest absolute Gasteiger partial charge is 0.481 e. The molecule has 0 radical (unpaired) electrons. The predicted octanol–water partition coefficient (Wildman–Crippen LogP) is 1.66. The van der Waals surface area contributed by atoms with Crippen molar-refractivity contribution in [2.24, 2.45) is 0 Å². The Hall–Kier alpha value is -0.750. The van der Waals surface area contributed by atoms with Gasteiger partial charge in [0.25, 0.3) is 0 Å². The van der Waals surface area contributed by atoms with Crippen LogP contribution in [0.2, 0.25) is 0 Å². The van der Waals surface area contributed by atoms with Crippen LogP contribution in [0.4, 0.5) is 0 Å². The van der Waals surface area contributed by atoms with E-state index in [-0.39, 0.29) is 12.3 Å². The van der Waals surface area contributed by atoms with Crippen LogP contribution in [0.15, 0.2) is 0 Å². The fraction of sp³-hybridized carbons (Fsp3) is 0.846. The fourth-order valence-corrected chi connectivity index (χ4v) is 3.08. The number of nitrogens with one attached hydrogen (secondary N) is 1. The Bertz CT molecular complexity index is 303. The highest BCUT2D eigenvalue weighted by atomic mass is 32.2. The summed E-state index contributed by atoms with van der Waals surface area (Å²) in [6.45, 7) is 2.95. The summed E-state index contributed by atoms with van der Waals surface area (Å²) in [5.41, 5.74) is -0.697. The molecule has 1 aliphatic rings. The first kappa shape index (κ1) is 16.3. The molecule has 1 aliphatic heterocycles. The molecule has 110 valence electrons. The van der Waals surface area contributed by atoms with Crippen molar-refractivity contribution in [2.75, 3.05) is 24.7 Å². The summed E-state index contributed by atoms with van der Waals surface area (Å²) >= 11 is 1.77. The molecule has 2 N–H and O–H groups in total. The third-order valence-corrected chi connectivity index (χ3v) is 4.18.